The van der Waals surface area contributed by atoms with Gasteiger partial charge in [0.1, 0.15) is 66.5 Å². The number of rotatable bonds is 53. The molecule has 1 heterocycles. The van der Waals surface area contributed by atoms with Gasteiger partial charge in [0.2, 0.25) is 70.9 Å². The number of hydrogen-bond donors (Lipinski definition) is 24. The molecule has 0 saturated heterocycles. The number of nitrogens with two attached hydrogens (primary N) is 12. The van der Waals surface area contributed by atoms with Crippen LogP contribution in [0.25, 0.3) is 10.9 Å². The van der Waals surface area contributed by atoms with Gasteiger partial charge in [-0.1, -0.05) is 114 Å². The molecule has 0 fully saturated rings. The zero-order chi connectivity index (χ0) is 86.2. The predicted octanol–water partition coefficient (Wildman–Crippen LogP) is -5.16. The molecule has 36 N–H and O–H groups in total. The summed E-state index contributed by atoms with van der Waals surface area (Å²) in [6, 6.07) is -8.77. The fraction of sp³-hybridized carbons (Fsp3) is 0.658. The van der Waals surface area contributed by atoms with Crippen LogP contribution in [0, 0.1) is 35.5 Å². The molecular weight excluding hydrogens is 1470 g/mol. The summed E-state index contributed by atoms with van der Waals surface area (Å²) in [4.78, 5) is 195. The maximum atomic E-state index is 15.0. The second kappa shape index (κ2) is 50.7. The molecule has 0 saturated carbocycles. The van der Waals surface area contributed by atoms with Crippen molar-refractivity contribution in [3.05, 3.63) is 36.0 Å². The van der Waals surface area contributed by atoms with Gasteiger partial charge in [-0.2, -0.15) is 0 Å². The summed E-state index contributed by atoms with van der Waals surface area (Å²) >= 11 is 0. The van der Waals surface area contributed by atoms with Crippen LogP contribution >= 0.6 is 0 Å². The van der Waals surface area contributed by atoms with E-state index >= 15 is 4.79 Å². The van der Waals surface area contributed by atoms with Crippen molar-refractivity contribution in [2.24, 2.45) is 129 Å². The smallest absolute Gasteiger partial charge is 0.243 e. The molecule has 14 atom stereocenters. The van der Waals surface area contributed by atoms with Gasteiger partial charge in [-0.25, -0.2) is 0 Å². The standard InChI is InChI=1S/C73H131N29O12/c1-13-40(11)55(67(113)98-51(34-42-35-91-44-22-16-15-21-43(42)44)62(108)93-46(24-18-29-87-70(78)79)58(104)92-45(57(75)103)23-17-28-86-69(76)77)101-60(106)48(26-20-31-89-72(82)83)95-65(111)53(38(7)8)99-61(107)49(27-32-90-73(84)85)96-66(112)54(39(9)10)100-68(114)56(41(12)14-2)102-63(109)50(33-36(3)4)97-59(105)47(25-19-30-88-71(80)81)94-64(110)52(74)37(5)6/h15-16,21-22,35-41,45-56,91H,13-14,17-20,23-34,74H2,1-12H3,(H2,75,103)(H,92,104)(H,93,108)(H,94,110)(H,95,111)(H,96,112)(H,97,105)(H,98,113)(H,99,107)(H,100,114)(H,101,106)(H,102,109)(H4,76,77,86)(H4,78,79,87)(H4,80,81,88)(H4,82,83,89)(H4,84,85,90)/t40-,41-,45-,46-,47-,48-,49-,50-,51-,52-,53-,54-,55-,56-/m0/s1. The van der Waals surface area contributed by atoms with E-state index in [1.807, 2.05) is 13.8 Å². The summed E-state index contributed by atoms with van der Waals surface area (Å²) in [5, 5.41) is 30.8. The first-order valence-corrected chi connectivity index (χ1v) is 38.7. The quantitative estimate of drug-likeness (QED) is 0.0167. The Labute approximate surface area is 667 Å². The van der Waals surface area contributed by atoms with Crippen LogP contribution in [0.1, 0.15) is 166 Å². The number of carbonyl (C=O) groups excluding carboxylic acids is 12. The van der Waals surface area contributed by atoms with Crippen molar-refractivity contribution in [1.29, 1.82) is 0 Å². The number of amides is 12. The molecule has 41 heteroatoms. The van der Waals surface area contributed by atoms with E-state index in [4.69, 9.17) is 68.8 Å². The Balaban J connectivity index is 2.64. The molecule has 1 aromatic carbocycles. The molecule has 0 aliphatic carbocycles. The molecule has 1 aromatic heterocycles. The molecule has 0 bridgehead atoms. The number of fused-ring (bicyclic) bond motifs is 1. The van der Waals surface area contributed by atoms with Crippen LogP contribution in [0.15, 0.2) is 55.4 Å². The van der Waals surface area contributed by atoms with Crippen molar-refractivity contribution in [2.75, 3.05) is 32.7 Å². The summed E-state index contributed by atoms with van der Waals surface area (Å²) < 4.78 is 0. The summed E-state index contributed by atoms with van der Waals surface area (Å²) in [7, 11) is 0. The van der Waals surface area contributed by atoms with Crippen LogP contribution in [0.4, 0.5) is 0 Å². The average molecular weight is 1610 g/mol. The number of benzene rings is 1. The number of aliphatic imine (C=N–C) groups is 5. The Bertz CT molecular complexity index is 3630. The summed E-state index contributed by atoms with van der Waals surface area (Å²) in [6.45, 7) is 20.5. The Morgan fingerprint density at radius 1 is 0.351 bits per heavy atom. The van der Waals surface area contributed by atoms with Gasteiger partial charge < -0.3 is 132 Å². The van der Waals surface area contributed by atoms with Gasteiger partial charge in [-0.05, 0) is 111 Å². The number of para-hydroxylation sites is 1. The number of primary amides is 1. The van der Waals surface area contributed by atoms with Gasteiger partial charge in [0.15, 0.2) is 29.8 Å². The number of nitrogens with one attached hydrogen (secondary N) is 12. The first kappa shape index (κ1) is 98.8. The molecule has 640 valence electrons. The minimum absolute atomic E-state index is 0.0216. The summed E-state index contributed by atoms with van der Waals surface area (Å²) in [5.41, 5.74) is 68.9. The minimum atomic E-state index is -1.51. The molecule has 2 rings (SSSR count). The van der Waals surface area contributed by atoms with Crippen molar-refractivity contribution in [3.63, 3.8) is 0 Å². The number of hydrogen-bond acceptors (Lipinski definition) is 18. The van der Waals surface area contributed by atoms with Crippen LogP contribution < -0.4 is 127 Å². The van der Waals surface area contributed by atoms with Gasteiger partial charge in [-0.3, -0.25) is 82.5 Å². The molecule has 41 nitrogen and oxygen atoms in total. The Morgan fingerprint density at radius 3 is 1.05 bits per heavy atom. The molecule has 0 spiro atoms. The highest BCUT2D eigenvalue weighted by atomic mass is 16.2. The lowest BCUT2D eigenvalue weighted by atomic mass is 9.95. The largest absolute Gasteiger partial charge is 0.370 e. The predicted molar refractivity (Wildman–Crippen MR) is 438 cm³/mol. The van der Waals surface area contributed by atoms with Crippen LogP contribution in [-0.2, 0) is 64.0 Å². The molecule has 0 aliphatic rings. The third-order valence-corrected chi connectivity index (χ3v) is 18.9. The third-order valence-electron chi connectivity index (χ3n) is 18.9. The van der Waals surface area contributed by atoms with Gasteiger partial charge in [0.25, 0.3) is 0 Å². The Kier molecular flexibility index (Phi) is 43.9. The SMILES string of the molecule is CC[C@H](C)[C@H](NC(=O)[C@H](CCCN=C(N)N)NC(=O)[C@@H](NC(=O)[C@H](CCN=C(N)N)NC(=O)[C@@H](NC(=O)[C@@H](NC(=O)[C@H](CC(C)C)NC(=O)[C@H](CCCN=C(N)N)NC(=O)[C@@H](N)C(C)C)[C@@H](C)CC)C(C)C)C(C)C)C(=O)N[C@@H](Cc1c[nH]c2ccccc12)C(=O)N[C@@H](CCCN=C(N)N)C(=O)N[C@@H](CCCN=C(N)N)C(N)=O. The lowest BCUT2D eigenvalue weighted by Crippen LogP contribution is -2.62. The van der Waals surface area contributed by atoms with Gasteiger partial charge in [0.05, 0.1) is 6.04 Å². The van der Waals surface area contributed by atoms with Crippen LogP contribution in [0.3, 0.4) is 0 Å². The van der Waals surface area contributed by atoms with E-state index in [-0.39, 0.29) is 151 Å². The van der Waals surface area contributed by atoms with E-state index in [1.165, 1.54) is 0 Å². The van der Waals surface area contributed by atoms with E-state index in [0.29, 0.717) is 22.9 Å². The number of carbonyl (C=O) groups is 12. The number of H-pyrrole nitrogens is 1. The molecular formula is C73H131N29O12. The van der Waals surface area contributed by atoms with Crippen LogP contribution in [-0.4, -0.2) is 211 Å². The first-order chi connectivity index (χ1) is 53.5. The first-order valence-electron chi connectivity index (χ1n) is 38.7. The summed E-state index contributed by atoms with van der Waals surface area (Å²) in [5.74, 6) is -14.1. The van der Waals surface area contributed by atoms with Crippen LogP contribution in [0.2, 0.25) is 0 Å². The minimum Gasteiger partial charge on any atom is -0.370 e. The van der Waals surface area contributed by atoms with Crippen LogP contribution in [0.5, 0.6) is 0 Å². The number of nitrogens with zero attached hydrogens (tertiary/aromatic N) is 5. The highest BCUT2D eigenvalue weighted by Gasteiger charge is 2.40. The average Bonchev–Trinajstić information content (AvgIpc) is 1.67. The molecule has 0 aliphatic heterocycles. The zero-order valence-electron chi connectivity index (χ0n) is 68.1. The van der Waals surface area contributed by atoms with Crippen molar-refractivity contribution in [1.82, 2.24) is 63.5 Å². The van der Waals surface area contributed by atoms with Crippen molar-refractivity contribution < 1.29 is 57.5 Å². The second-order valence-electron chi connectivity index (χ2n) is 29.9. The molecule has 2 aromatic rings. The zero-order valence-corrected chi connectivity index (χ0v) is 68.1. The monoisotopic (exact) mass is 1610 g/mol. The van der Waals surface area contributed by atoms with E-state index in [1.54, 1.807) is 99.7 Å². The van der Waals surface area contributed by atoms with E-state index in [2.05, 4.69) is 88.4 Å². The van der Waals surface area contributed by atoms with E-state index in [0.717, 1.165) is 0 Å². The van der Waals surface area contributed by atoms with E-state index < -0.39 is 167 Å². The van der Waals surface area contributed by atoms with Crippen molar-refractivity contribution in [3.8, 4) is 0 Å². The lowest BCUT2D eigenvalue weighted by molar-refractivity contribution is -0.137. The van der Waals surface area contributed by atoms with Crippen molar-refractivity contribution >= 4 is 112 Å². The lowest BCUT2D eigenvalue weighted by Gasteiger charge is -2.31. The molecule has 12 amide bonds. The normalized spacial score (nSPS) is 14.9. The Morgan fingerprint density at radius 2 is 0.658 bits per heavy atom. The van der Waals surface area contributed by atoms with Gasteiger partial charge in [0, 0.05) is 56.2 Å². The van der Waals surface area contributed by atoms with Gasteiger partial charge in [-0.15, -0.1) is 0 Å². The Hall–Kier alpha value is -11.3. The van der Waals surface area contributed by atoms with Gasteiger partial charge >= 0.3 is 0 Å². The number of guanidine groups is 5. The number of aromatic nitrogens is 1. The molecule has 0 unspecified atom stereocenters. The second-order valence-corrected chi connectivity index (χ2v) is 29.9. The fourth-order valence-electron chi connectivity index (χ4n) is 11.8. The maximum absolute atomic E-state index is 15.0. The highest BCUT2D eigenvalue weighted by molar-refractivity contribution is 6.00. The maximum Gasteiger partial charge on any atom is 0.243 e. The highest BCUT2D eigenvalue weighted by Crippen LogP contribution is 2.22. The molecule has 114 heavy (non-hydrogen) atoms. The topological polar surface area (TPSA) is 727 Å². The third kappa shape index (κ3) is 36.0. The summed E-state index contributed by atoms with van der Waals surface area (Å²) in [6.07, 6.45) is 2.52. The fourth-order valence-corrected chi connectivity index (χ4v) is 11.8. The number of aromatic amines is 1. The molecule has 0 radical (unpaired) electrons. The van der Waals surface area contributed by atoms with E-state index in [9.17, 15) is 52.7 Å². The van der Waals surface area contributed by atoms with Crippen molar-refractivity contribution in [2.45, 2.75) is 239 Å².